The third-order valence-corrected chi connectivity index (χ3v) is 4.49. The lowest BCUT2D eigenvalue weighted by Gasteiger charge is -2.22. The molecule has 0 radical (unpaired) electrons. The smallest absolute Gasteiger partial charge is 0.251 e. The average Bonchev–Trinajstić information content (AvgIpc) is 2.53. The van der Waals surface area contributed by atoms with Gasteiger partial charge in [-0.3, -0.25) is 9.59 Å². The molecule has 3 N–H and O–H groups in total. The second kappa shape index (κ2) is 8.05. The molecule has 114 valence electrons. The van der Waals surface area contributed by atoms with Gasteiger partial charge in [-0.15, -0.1) is 0 Å². The summed E-state index contributed by atoms with van der Waals surface area (Å²) < 4.78 is 0. The number of hydrogen-bond donors (Lipinski definition) is 3. The van der Waals surface area contributed by atoms with Crippen LogP contribution in [0.5, 0.6) is 0 Å². The summed E-state index contributed by atoms with van der Waals surface area (Å²) in [6.45, 7) is 1.47. The van der Waals surface area contributed by atoms with Gasteiger partial charge in [0.25, 0.3) is 5.91 Å². The van der Waals surface area contributed by atoms with E-state index in [0.717, 1.165) is 23.6 Å². The number of nitrogens with one attached hydrogen (secondary N) is 3. The van der Waals surface area contributed by atoms with Gasteiger partial charge in [-0.1, -0.05) is 12.1 Å². The molecule has 0 aromatic heterocycles. The quantitative estimate of drug-likeness (QED) is 0.751. The van der Waals surface area contributed by atoms with Crippen LogP contribution in [0.3, 0.4) is 0 Å². The van der Waals surface area contributed by atoms with E-state index in [1.54, 1.807) is 19.2 Å². The van der Waals surface area contributed by atoms with Crippen molar-refractivity contribution in [3.63, 3.8) is 0 Å². The molecule has 21 heavy (non-hydrogen) atoms. The number of benzene rings is 1. The number of carbonyl (C=O) groups is 2. The van der Waals surface area contributed by atoms with Gasteiger partial charge in [0, 0.05) is 49.7 Å². The summed E-state index contributed by atoms with van der Waals surface area (Å²) in [5.74, 6) is 2.07. The Hall–Kier alpha value is -1.53. The Kier molecular flexibility index (Phi) is 6.07. The minimum absolute atomic E-state index is 0.0605. The van der Waals surface area contributed by atoms with Gasteiger partial charge in [-0.25, -0.2) is 0 Å². The lowest BCUT2D eigenvalue weighted by molar-refractivity contribution is -0.121. The minimum atomic E-state index is -0.105. The van der Waals surface area contributed by atoms with E-state index < -0.39 is 0 Å². The molecule has 5 nitrogen and oxygen atoms in total. The third-order valence-electron chi connectivity index (χ3n) is 3.36. The van der Waals surface area contributed by atoms with Crippen LogP contribution < -0.4 is 16.0 Å². The Morgan fingerprint density at radius 1 is 1.33 bits per heavy atom. The zero-order valence-corrected chi connectivity index (χ0v) is 13.0. The van der Waals surface area contributed by atoms with E-state index in [9.17, 15) is 9.59 Å². The van der Waals surface area contributed by atoms with Crippen LogP contribution in [0.4, 0.5) is 0 Å². The largest absolute Gasteiger partial charge is 0.355 e. The molecule has 1 saturated heterocycles. The first-order chi connectivity index (χ1) is 10.2. The van der Waals surface area contributed by atoms with Crippen molar-refractivity contribution in [2.75, 3.05) is 25.1 Å². The summed E-state index contributed by atoms with van der Waals surface area (Å²) in [5, 5.41) is 8.85. The van der Waals surface area contributed by atoms with Gasteiger partial charge in [0.05, 0.1) is 0 Å². The highest BCUT2D eigenvalue weighted by atomic mass is 32.2. The summed E-state index contributed by atoms with van der Waals surface area (Å²) in [6.07, 6.45) is 0.517. The van der Waals surface area contributed by atoms with E-state index in [2.05, 4.69) is 16.0 Å². The molecule has 1 aromatic rings. The lowest BCUT2D eigenvalue weighted by atomic mass is 10.1. The highest BCUT2D eigenvalue weighted by Crippen LogP contribution is 2.10. The fraction of sp³-hybridized carbons (Fsp3) is 0.467. The van der Waals surface area contributed by atoms with Crippen LogP contribution >= 0.6 is 11.8 Å². The van der Waals surface area contributed by atoms with Crippen LogP contribution in [0.25, 0.3) is 0 Å². The third kappa shape index (κ3) is 5.06. The molecule has 0 aliphatic carbocycles. The predicted molar refractivity (Wildman–Crippen MR) is 85.4 cm³/mol. The summed E-state index contributed by atoms with van der Waals surface area (Å²) in [7, 11) is 1.61. The van der Waals surface area contributed by atoms with E-state index in [0.29, 0.717) is 18.5 Å². The summed E-state index contributed by atoms with van der Waals surface area (Å²) in [6, 6.07) is 7.53. The first-order valence-electron chi connectivity index (χ1n) is 7.08. The van der Waals surface area contributed by atoms with E-state index in [1.165, 1.54) is 0 Å². The van der Waals surface area contributed by atoms with Crippen molar-refractivity contribution < 1.29 is 9.59 Å². The van der Waals surface area contributed by atoms with E-state index in [4.69, 9.17) is 0 Å². The predicted octanol–water partition coefficient (Wildman–Crippen LogP) is 0.757. The number of rotatable bonds is 5. The minimum Gasteiger partial charge on any atom is -0.355 e. The fourth-order valence-corrected chi connectivity index (χ4v) is 3.11. The SMILES string of the molecule is CNC(=O)c1ccc(CNC(=O)CC2CSCCN2)cc1. The molecule has 0 spiro atoms. The van der Waals surface area contributed by atoms with Gasteiger partial charge in [-0.05, 0) is 17.7 Å². The standard InChI is InChI=1S/C15H21N3O2S/c1-16-15(20)12-4-2-11(3-5-12)9-18-14(19)8-13-10-21-7-6-17-13/h2-5,13,17H,6-10H2,1H3,(H,16,20)(H,18,19). The molecule has 0 bridgehead atoms. The Balaban J connectivity index is 1.76. The van der Waals surface area contributed by atoms with Gasteiger partial charge >= 0.3 is 0 Å². The van der Waals surface area contributed by atoms with Gasteiger partial charge in [0.15, 0.2) is 0 Å². The van der Waals surface area contributed by atoms with Gasteiger partial charge in [0.2, 0.25) is 5.91 Å². The Morgan fingerprint density at radius 2 is 2.10 bits per heavy atom. The van der Waals surface area contributed by atoms with Crippen LogP contribution in [-0.4, -0.2) is 43.0 Å². The second-order valence-corrected chi connectivity index (χ2v) is 6.13. The molecule has 0 saturated carbocycles. The van der Waals surface area contributed by atoms with Gasteiger partial charge in [0.1, 0.15) is 0 Å². The number of hydrogen-bond acceptors (Lipinski definition) is 4. The van der Waals surface area contributed by atoms with Crippen molar-refractivity contribution in [3.8, 4) is 0 Å². The van der Waals surface area contributed by atoms with Crippen LogP contribution in [-0.2, 0) is 11.3 Å². The van der Waals surface area contributed by atoms with Crippen molar-refractivity contribution in [3.05, 3.63) is 35.4 Å². The van der Waals surface area contributed by atoms with Gasteiger partial charge < -0.3 is 16.0 Å². The molecule has 1 fully saturated rings. The van der Waals surface area contributed by atoms with Crippen molar-refractivity contribution in [2.45, 2.75) is 19.0 Å². The van der Waals surface area contributed by atoms with Crippen LogP contribution in [0.1, 0.15) is 22.3 Å². The highest BCUT2D eigenvalue weighted by molar-refractivity contribution is 7.99. The van der Waals surface area contributed by atoms with Crippen LogP contribution in [0, 0.1) is 0 Å². The zero-order valence-electron chi connectivity index (χ0n) is 12.1. The molecule has 1 aliphatic rings. The molecule has 6 heteroatoms. The molecule has 2 amide bonds. The second-order valence-electron chi connectivity index (χ2n) is 4.98. The number of amides is 2. The molecule has 1 heterocycles. The van der Waals surface area contributed by atoms with Gasteiger partial charge in [-0.2, -0.15) is 11.8 Å². The molecule has 1 unspecified atom stereocenters. The fourth-order valence-electron chi connectivity index (χ4n) is 2.17. The Bertz CT molecular complexity index is 484. The van der Waals surface area contributed by atoms with Crippen molar-refractivity contribution >= 4 is 23.6 Å². The highest BCUT2D eigenvalue weighted by Gasteiger charge is 2.16. The summed E-state index contributed by atoms with van der Waals surface area (Å²) in [5.41, 5.74) is 1.61. The topological polar surface area (TPSA) is 70.2 Å². The maximum atomic E-state index is 11.9. The molecule has 1 aliphatic heterocycles. The number of thioether (sulfide) groups is 1. The molecular formula is C15H21N3O2S. The molecule has 1 atom stereocenters. The normalized spacial score (nSPS) is 18.0. The van der Waals surface area contributed by atoms with Crippen molar-refractivity contribution in [1.29, 1.82) is 0 Å². The molecular weight excluding hydrogens is 286 g/mol. The van der Waals surface area contributed by atoms with E-state index >= 15 is 0 Å². The maximum absolute atomic E-state index is 11.9. The van der Waals surface area contributed by atoms with Crippen molar-refractivity contribution in [2.24, 2.45) is 0 Å². The van der Waals surface area contributed by atoms with Crippen LogP contribution in [0.2, 0.25) is 0 Å². The lowest BCUT2D eigenvalue weighted by Crippen LogP contribution is -2.41. The monoisotopic (exact) mass is 307 g/mol. The maximum Gasteiger partial charge on any atom is 0.251 e. The zero-order chi connectivity index (χ0) is 15.1. The Labute approximate surface area is 129 Å². The van der Waals surface area contributed by atoms with Crippen molar-refractivity contribution in [1.82, 2.24) is 16.0 Å². The first-order valence-corrected chi connectivity index (χ1v) is 8.23. The van der Waals surface area contributed by atoms with Crippen LogP contribution in [0.15, 0.2) is 24.3 Å². The first kappa shape index (κ1) is 15.9. The molecule has 2 rings (SSSR count). The number of carbonyl (C=O) groups excluding carboxylic acids is 2. The average molecular weight is 307 g/mol. The van der Waals surface area contributed by atoms with E-state index in [1.807, 2.05) is 23.9 Å². The summed E-state index contributed by atoms with van der Waals surface area (Å²) >= 11 is 1.89. The Morgan fingerprint density at radius 3 is 2.71 bits per heavy atom. The van der Waals surface area contributed by atoms with E-state index in [-0.39, 0.29) is 17.9 Å². The summed E-state index contributed by atoms with van der Waals surface area (Å²) in [4.78, 5) is 23.3. The molecule has 1 aromatic carbocycles.